The second kappa shape index (κ2) is 5.58. The molecular weight excluding hydrogens is 266 g/mol. The van der Waals surface area contributed by atoms with Crippen LogP contribution >= 0.6 is 0 Å². The Labute approximate surface area is 123 Å². The molecule has 0 radical (unpaired) electrons. The Balaban J connectivity index is 1.93. The number of hydrogen-bond donors (Lipinski definition) is 2. The Hall–Kier alpha value is -2.33. The predicted molar refractivity (Wildman–Crippen MR) is 79.3 cm³/mol. The van der Waals surface area contributed by atoms with E-state index in [1.54, 1.807) is 6.20 Å². The number of hydrogen-bond acceptors (Lipinski definition) is 6. The van der Waals surface area contributed by atoms with Gasteiger partial charge in [-0.25, -0.2) is 4.99 Å². The molecule has 110 valence electrons. The van der Waals surface area contributed by atoms with Crippen molar-refractivity contribution >= 4 is 5.84 Å². The summed E-state index contributed by atoms with van der Waals surface area (Å²) in [7, 11) is 1.93. The average Bonchev–Trinajstić information content (AvgIpc) is 3.00. The minimum atomic E-state index is -0.138. The molecule has 0 amide bonds. The molecule has 7 nitrogen and oxygen atoms in total. The zero-order chi connectivity index (χ0) is 14.8. The van der Waals surface area contributed by atoms with Crippen LogP contribution < -0.4 is 5.32 Å². The number of piperazine rings is 1. The molecule has 1 fully saturated rings. The standard InChI is InChI=1S/C14H19N7/c1-10-8-21(4-3-16-10)14-11(5-15)9-20(2)13(19-14)12-6-17-18-7-12/h6-7,9-10,13,16H,3-4,8H2,1-2H3,(H,17,18). The van der Waals surface area contributed by atoms with Gasteiger partial charge in [-0.1, -0.05) is 0 Å². The summed E-state index contributed by atoms with van der Waals surface area (Å²) in [6, 6.07) is 2.66. The third-order valence-electron chi connectivity index (χ3n) is 3.81. The fraction of sp³-hybridized carbons (Fsp3) is 0.500. The number of nitrogens with zero attached hydrogens (tertiary/aromatic N) is 5. The Kier molecular flexibility index (Phi) is 3.62. The van der Waals surface area contributed by atoms with E-state index in [0.29, 0.717) is 11.6 Å². The first kappa shape index (κ1) is 13.6. The number of aromatic nitrogens is 2. The second-order valence-electron chi connectivity index (χ2n) is 5.48. The second-order valence-corrected chi connectivity index (χ2v) is 5.48. The minimum absolute atomic E-state index is 0.138. The molecule has 3 rings (SSSR count). The topological polar surface area (TPSA) is 83.3 Å². The number of aliphatic imine (C=N–C) groups is 1. The fourth-order valence-corrected chi connectivity index (χ4v) is 2.78. The lowest BCUT2D eigenvalue weighted by Crippen LogP contribution is -2.52. The van der Waals surface area contributed by atoms with Crippen LogP contribution in [0.3, 0.4) is 0 Å². The first-order chi connectivity index (χ1) is 10.2. The van der Waals surface area contributed by atoms with E-state index in [2.05, 4.69) is 33.4 Å². The van der Waals surface area contributed by atoms with Crippen molar-refractivity contribution in [1.29, 1.82) is 5.26 Å². The maximum absolute atomic E-state index is 9.41. The molecule has 2 aliphatic heterocycles. The molecule has 0 saturated carbocycles. The predicted octanol–water partition coefficient (Wildman–Crippen LogP) is 0.453. The van der Waals surface area contributed by atoms with E-state index in [4.69, 9.17) is 4.99 Å². The Morgan fingerprint density at radius 3 is 3.00 bits per heavy atom. The monoisotopic (exact) mass is 285 g/mol. The maximum atomic E-state index is 9.41. The lowest BCUT2D eigenvalue weighted by Gasteiger charge is -2.37. The van der Waals surface area contributed by atoms with Gasteiger partial charge in [-0.05, 0) is 6.92 Å². The highest BCUT2D eigenvalue weighted by Crippen LogP contribution is 2.27. The average molecular weight is 285 g/mol. The van der Waals surface area contributed by atoms with Gasteiger partial charge in [0.2, 0.25) is 0 Å². The molecule has 1 saturated heterocycles. The van der Waals surface area contributed by atoms with E-state index in [-0.39, 0.29) is 6.17 Å². The van der Waals surface area contributed by atoms with Gasteiger partial charge in [0.1, 0.15) is 17.5 Å². The molecule has 1 aromatic rings. The van der Waals surface area contributed by atoms with Crippen LogP contribution in [-0.2, 0) is 0 Å². The molecule has 2 N–H and O–H groups in total. The normalized spacial score (nSPS) is 26.1. The summed E-state index contributed by atoms with van der Waals surface area (Å²) in [5.74, 6) is 0.787. The lowest BCUT2D eigenvalue weighted by molar-refractivity contribution is 0.287. The summed E-state index contributed by atoms with van der Waals surface area (Å²) in [5.41, 5.74) is 1.61. The quantitative estimate of drug-likeness (QED) is 0.783. The van der Waals surface area contributed by atoms with Crippen molar-refractivity contribution in [2.24, 2.45) is 4.99 Å². The van der Waals surface area contributed by atoms with Gasteiger partial charge in [-0.15, -0.1) is 0 Å². The number of H-pyrrole nitrogens is 1. The summed E-state index contributed by atoms with van der Waals surface area (Å²) in [6.45, 7) is 4.78. The molecule has 0 aromatic carbocycles. The van der Waals surface area contributed by atoms with Gasteiger partial charge >= 0.3 is 0 Å². The highest BCUT2D eigenvalue weighted by Gasteiger charge is 2.28. The van der Waals surface area contributed by atoms with Crippen molar-refractivity contribution in [3.05, 3.63) is 29.7 Å². The molecule has 3 heterocycles. The van der Waals surface area contributed by atoms with Gasteiger partial charge in [0.15, 0.2) is 6.17 Å². The van der Waals surface area contributed by atoms with Crippen LogP contribution in [0.25, 0.3) is 0 Å². The largest absolute Gasteiger partial charge is 0.354 e. The van der Waals surface area contributed by atoms with E-state index in [0.717, 1.165) is 31.0 Å². The summed E-state index contributed by atoms with van der Waals surface area (Å²) in [6.07, 6.45) is 5.34. The molecule has 2 unspecified atom stereocenters. The molecule has 2 atom stereocenters. The number of aromatic amines is 1. The summed E-state index contributed by atoms with van der Waals surface area (Å²) in [4.78, 5) is 8.94. The third kappa shape index (κ3) is 2.62. The van der Waals surface area contributed by atoms with Crippen molar-refractivity contribution in [3.63, 3.8) is 0 Å². The Bertz CT molecular complexity index is 595. The Morgan fingerprint density at radius 2 is 2.33 bits per heavy atom. The van der Waals surface area contributed by atoms with Gasteiger partial charge in [-0.2, -0.15) is 10.4 Å². The van der Waals surface area contributed by atoms with Crippen molar-refractivity contribution in [2.45, 2.75) is 19.1 Å². The van der Waals surface area contributed by atoms with Gasteiger partial charge in [-0.3, -0.25) is 5.10 Å². The highest BCUT2D eigenvalue weighted by atomic mass is 15.3. The minimum Gasteiger partial charge on any atom is -0.354 e. The SMILES string of the molecule is CC1CN(C2=NC(c3cn[nH]c3)N(C)C=C2C#N)CCN1. The molecular formula is C14H19N7. The fourth-order valence-electron chi connectivity index (χ4n) is 2.78. The Morgan fingerprint density at radius 1 is 1.48 bits per heavy atom. The zero-order valence-electron chi connectivity index (χ0n) is 12.2. The van der Waals surface area contributed by atoms with Gasteiger partial charge in [0.05, 0.1) is 6.20 Å². The van der Waals surface area contributed by atoms with Crippen molar-refractivity contribution in [1.82, 2.24) is 25.3 Å². The molecule has 1 aromatic heterocycles. The van der Waals surface area contributed by atoms with E-state index in [1.165, 1.54) is 0 Å². The summed E-state index contributed by atoms with van der Waals surface area (Å²) in [5, 5.41) is 19.6. The lowest BCUT2D eigenvalue weighted by atomic mass is 10.1. The summed E-state index contributed by atoms with van der Waals surface area (Å²) < 4.78 is 0. The number of nitrogens with one attached hydrogen (secondary N) is 2. The van der Waals surface area contributed by atoms with Crippen LogP contribution in [-0.4, -0.2) is 58.6 Å². The molecule has 0 bridgehead atoms. The smallest absolute Gasteiger partial charge is 0.151 e. The van der Waals surface area contributed by atoms with E-state index >= 15 is 0 Å². The maximum Gasteiger partial charge on any atom is 0.151 e. The van der Waals surface area contributed by atoms with Crippen molar-refractivity contribution < 1.29 is 0 Å². The number of rotatable bonds is 1. The molecule has 0 spiro atoms. The molecule has 2 aliphatic rings. The van der Waals surface area contributed by atoms with Gasteiger partial charge in [0, 0.05) is 50.7 Å². The first-order valence-corrected chi connectivity index (χ1v) is 7.08. The van der Waals surface area contributed by atoms with E-state index < -0.39 is 0 Å². The van der Waals surface area contributed by atoms with E-state index in [1.807, 2.05) is 24.3 Å². The van der Waals surface area contributed by atoms with Crippen LogP contribution in [0, 0.1) is 11.3 Å². The van der Waals surface area contributed by atoms with Gasteiger partial charge < -0.3 is 15.1 Å². The van der Waals surface area contributed by atoms with Gasteiger partial charge in [0.25, 0.3) is 0 Å². The van der Waals surface area contributed by atoms with Crippen molar-refractivity contribution in [3.8, 4) is 6.07 Å². The van der Waals surface area contributed by atoms with Crippen LogP contribution in [0.5, 0.6) is 0 Å². The number of nitriles is 1. The summed E-state index contributed by atoms with van der Waals surface area (Å²) >= 11 is 0. The van der Waals surface area contributed by atoms with E-state index in [9.17, 15) is 5.26 Å². The highest BCUT2D eigenvalue weighted by molar-refractivity contribution is 6.02. The number of amidine groups is 1. The molecule has 7 heteroatoms. The van der Waals surface area contributed by atoms with Crippen molar-refractivity contribution in [2.75, 3.05) is 26.7 Å². The van der Waals surface area contributed by atoms with Crippen LogP contribution in [0.1, 0.15) is 18.7 Å². The zero-order valence-corrected chi connectivity index (χ0v) is 12.2. The molecule has 0 aliphatic carbocycles. The van der Waals surface area contributed by atoms with Crippen LogP contribution in [0.15, 0.2) is 29.2 Å². The van der Waals surface area contributed by atoms with Crippen LogP contribution in [0.4, 0.5) is 0 Å². The van der Waals surface area contributed by atoms with Crippen LogP contribution in [0.2, 0.25) is 0 Å². The first-order valence-electron chi connectivity index (χ1n) is 7.08. The molecule has 21 heavy (non-hydrogen) atoms. The third-order valence-corrected chi connectivity index (χ3v) is 3.81.